The van der Waals surface area contributed by atoms with Crippen LogP contribution < -0.4 is 10.1 Å². The molecule has 0 saturated heterocycles. The van der Waals surface area contributed by atoms with Gasteiger partial charge in [-0.3, -0.25) is 4.79 Å². The van der Waals surface area contributed by atoms with E-state index in [0.717, 1.165) is 12.2 Å². The highest BCUT2D eigenvalue weighted by Gasteiger charge is 2.30. The number of aryl methyl sites for hydroxylation is 2. The quantitative estimate of drug-likeness (QED) is 0.904. The molecular weight excluding hydrogens is 274 g/mol. The van der Waals surface area contributed by atoms with Gasteiger partial charge in [0.2, 0.25) is 5.88 Å². The average Bonchev–Trinajstić information content (AvgIpc) is 2.94. The Morgan fingerprint density at radius 2 is 2.30 bits per heavy atom. The third kappa shape index (κ3) is 2.95. The van der Waals surface area contributed by atoms with Gasteiger partial charge in [0.15, 0.2) is 0 Å². The molecule has 0 aliphatic heterocycles. The van der Waals surface area contributed by atoms with Crippen LogP contribution in [-0.2, 0) is 7.05 Å². The molecule has 1 aromatic heterocycles. The molecule has 1 aliphatic rings. The van der Waals surface area contributed by atoms with Crippen molar-refractivity contribution in [1.29, 1.82) is 0 Å². The smallest absolute Gasteiger partial charge is 0.258 e. The number of ether oxygens (including phenoxy) is 1. The molecule has 20 heavy (non-hydrogen) atoms. The lowest BCUT2D eigenvalue weighted by molar-refractivity contribution is 0.0934. The lowest BCUT2D eigenvalue weighted by Gasteiger charge is -2.20. The Labute approximate surface area is 124 Å². The number of amides is 1. The van der Waals surface area contributed by atoms with E-state index in [1.54, 1.807) is 18.8 Å². The van der Waals surface area contributed by atoms with Crippen molar-refractivity contribution < 1.29 is 9.53 Å². The first-order valence-corrected chi connectivity index (χ1v) is 8.13. The first-order valence-electron chi connectivity index (χ1n) is 7.08. The Hall–Kier alpha value is -1.17. The number of methoxy groups -OCH3 is 1. The summed E-state index contributed by atoms with van der Waals surface area (Å²) < 4.78 is 6.90. The molecule has 0 aromatic carbocycles. The lowest BCUT2D eigenvalue weighted by atomic mass is 10.2. The van der Waals surface area contributed by atoms with Crippen LogP contribution in [0.3, 0.4) is 0 Å². The third-order valence-corrected chi connectivity index (χ3v) is 5.07. The van der Waals surface area contributed by atoms with Crippen LogP contribution in [0.1, 0.15) is 42.2 Å². The van der Waals surface area contributed by atoms with Gasteiger partial charge < -0.3 is 10.1 Å². The monoisotopic (exact) mass is 297 g/mol. The van der Waals surface area contributed by atoms with Gasteiger partial charge in [0.1, 0.15) is 5.56 Å². The molecule has 1 amide bonds. The molecular formula is C14H23N3O2S. The van der Waals surface area contributed by atoms with Crippen LogP contribution in [0.15, 0.2) is 0 Å². The van der Waals surface area contributed by atoms with Crippen LogP contribution in [-0.4, -0.2) is 39.8 Å². The van der Waals surface area contributed by atoms with E-state index in [1.165, 1.54) is 12.8 Å². The van der Waals surface area contributed by atoms with Crippen LogP contribution >= 0.6 is 11.8 Å². The molecule has 0 bridgehead atoms. The van der Waals surface area contributed by atoms with Crippen molar-refractivity contribution >= 4 is 17.7 Å². The van der Waals surface area contributed by atoms with Crippen LogP contribution in [0.5, 0.6) is 5.88 Å². The maximum absolute atomic E-state index is 12.5. The minimum atomic E-state index is -0.0685. The van der Waals surface area contributed by atoms with Crippen molar-refractivity contribution in [2.24, 2.45) is 7.05 Å². The molecule has 2 atom stereocenters. The van der Waals surface area contributed by atoms with Gasteiger partial charge >= 0.3 is 0 Å². The lowest BCUT2D eigenvalue weighted by Crippen LogP contribution is -2.39. The highest BCUT2D eigenvalue weighted by atomic mass is 32.2. The van der Waals surface area contributed by atoms with E-state index < -0.39 is 0 Å². The van der Waals surface area contributed by atoms with Crippen molar-refractivity contribution in [2.45, 2.75) is 44.4 Å². The van der Waals surface area contributed by atoms with E-state index in [9.17, 15) is 4.79 Å². The van der Waals surface area contributed by atoms with E-state index >= 15 is 0 Å². The van der Waals surface area contributed by atoms with Crippen molar-refractivity contribution in [1.82, 2.24) is 15.1 Å². The van der Waals surface area contributed by atoms with E-state index in [4.69, 9.17) is 4.74 Å². The maximum Gasteiger partial charge on any atom is 0.258 e. The van der Waals surface area contributed by atoms with Crippen LogP contribution in [0.2, 0.25) is 0 Å². The molecule has 1 aliphatic carbocycles. The summed E-state index contributed by atoms with van der Waals surface area (Å²) in [6.07, 6.45) is 3.43. The molecule has 1 aromatic rings. The summed E-state index contributed by atoms with van der Waals surface area (Å²) in [5.41, 5.74) is 1.27. The van der Waals surface area contributed by atoms with E-state index in [-0.39, 0.29) is 11.9 Å². The van der Waals surface area contributed by atoms with E-state index in [1.807, 2.05) is 18.7 Å². The fourth-order valence-electron chi connectivity index (χ4n) is 2.88. The standard InChI is InChI=1S/C14H23N3O2S/c1-5-20-11-8-6-7-10(11)15-13(18)12-9(2)16-17(3)14(12)19-4/h10-11H,5-8H2,1-4H3,(H,15,18)/t10-,11-/m0/s1. The van der Waals surface area contributed by atoms with Gasteiger partial charge in [0, 0.05) is 18.3 Å². The predicted molar refractivity (Wildman–Crippen MR) is 81.5 cm³/mol. The topological polar surface area (TPSA) is 56.2 Å². The Morgan fingerprint density at radius 1 is 1.55 bits per heavy atom. The van der Waals surface area contributed by atoms with Gasteiger partial charge in [-0.2, -0.15) is 16.9 Å². The Bertz CT molecular complexity index is 487. The van der Waals surface area contributed by atoms with Gasteiger partial charge in [0.05, 0.1) is 12.8 Å². The van der Waals surface area contributed by atoms with Gasteiger partial charge in [-0.15, -0.1) is 0 Å². The van der Waals surface area contributed by atoms with Crippen molar-refractivity contribution in [3.8, 4) is 5.88 Å². The number of hydrogen-bond acceptors (Lipinski definition) is 4. The Balaban J connectivity index is 2.12. The second-order valence-corrected chi connectivity index (χ2v) is 6.61. The number of nitrogens with zero attached hydrogens (tertiary/aromatic N) is 2. The normalized spacial score (nSPS) is 22.0. The fourth-order valence-corrected chi connectivity index (χ4v) is 4.08. The van der Waals surface area contributed by atoms with Crippen molar-refractivity contribution in [3.05, 3.63) is 11.3 Å². The molecule has 1 fully saturated rings. The summed E-state index contributed by atoms with van der Waals surface area (Å²) >= 11 is 1.94. The van der Waals surface area contributed by atoms with Crippen LogP contribution in [0.4, 0.5) is 0 Å². The second kappa shape index (κ2) is 6.52. The first-order chi connectivity index (χ1) is 9.58. The molecule has 0 spiro atoms. The zero-order chi connectivity index (χ0) is 14.7. The van der Waals surface area contributed by atoms with Crippen molar-refractivity contribution in [2.75, 3.05) is 12.9 Å². The van der Waals surface area contributed by atoms with Gasteiger partial charge in [-0.1, -0.05) is 13.3 Å². The van der Waals surface area contributed by atoms with Gasteiger partial charge in [0.25, 0.3) is 5.91 Å². The largest absolute Gasteiger partial charge is 0.481 e. The summed E-state index contributed by atoms with van der Waals surface area (Å²) in [4.78, 5) is 12.5. The van der Waals surface area contributed by atoms with Crippen molar-refractivity contribution in [3.63, 3.8) is 0 Å². The molecule has 6 heteroatoms. The highest BCUT2D eigenvalue weighted by molar-refractivity contribution is 7.99. The summed E-state index contributed by atoms with van der Waals surface area (Å²) in [6.45, 7) is 4.00. The molecule has 1 saturated carbocycles. The Kier molecular flexibility index (Phi) is 4.96. The third-order valence-electron chi connectivity index (χ3n) is 3.74. The van der Waals surface area contributed by atoms with Gasteiger partial charge in [-0.05, 0) is 25.5 Å². The number of carbonyl (C=O) groups is 1. The number of nitrogens with one attached hydrogen (secondary N) is 1. The minimum Gasteiger partial charge on any atom is -0.481 e. The maximum atomic E-state index is 12.5. The summed E-state index contributed by atoms with van der Waals surface area (Å²) in [7, 11) is 3.35. The molecule has 0 unspecified atom stereocenters. The molecule has 2 rings (SSSR count). The molecule has 112 valence electrons. The molecule has 1 N–H and O–H groups in total. The fraction of sp³-hybridized carbons (Fsp3) is 0.714. The van der Waals surface area contributed by atoms with Crippen LogP contribution in [0, 0.1) is 6.92 Å². The summed E-state index contributed by atoms with van der Waals surface area (Å²) in [6, 6.07) is 0.261. The Morgan fingerprint density at radius 3 is 2.95 bits per heavy atom. The summed E-state index contributed by atoms with van der Waals surface area (Å²) in [5.74, 6) is 1.55. The second-order valence-electron chi connectivity index (χ2n) is 5.10. The predicted octanol–water partition coefficient (Wildman–Crippen LogP) is 2.14. The average molecular weight is 297 g/mol. The number of rotatable bonds is 5. The highest BCUT2D eigenvalue weighted by Crippen LogP contribution is 2.30. The zero-order valence-corrected chi connectivity index (χ0v) is 13.4. The number of hydrogen-bond donors (Lipinski definition) is 1. The molecule has 1 heterocycles. The van der Waals surface area contributed by atoms with Gasteiger partial charge in [-0.25, -0.2) is 4.68 Å². The summed E-state index contributed by atoms with van der Waals surface area (Å²) in [5, 5.41) is 7.96. The molecule has 5 nitrogen and oxygen atoms in total. The number of thioether (sulfide) groups is 1. The van der Waals surface area contributed by atoms with E-state index in [2.05, 4.69) is 17.3 Å². The first kappa shape index (κ1) is 15.2. The minimum absolute atomic E-state index is 0.0685. The number of aromatic nitrogens is 2. The molecule has 0 radical (unpaired) electrons. The SMILES string of the molecule is CCS[C@H]1CCC[C@@H]1NC(=O)c1c(C)nn(C)c1OC. The zero-order valence-electron chi connectivity index (χ0n) is 12.6. The van der Waals surface area contributed by atoms with Crippen LogP contribution in [0.25, 0.3) is 0 Å². The number of carbonyl (C=O) groups excluding carboxylic acids is 1. The van der Waals surface area contributed by atoms with E-state index in [0.29, 0.717) is 22.4 Å².